The summed E-state index contributed by atoms with van der Waals surface area (Å²) < 4.78 is 5.77. The van der Waals surface area contributed by atoms with Crippen LogP contribution in [0.5, 0.6) is 0 Å². The van der Waals surface area contributed by atoms with E-state index < -0.39 is 0 Å². The van der Waals surface area contributed by atoms with E-state index in [1.54, 1.807) is 0 Å². The molecule has 1 N–H and O–H groups in total. The van der Waals surface area contributed by atoms with Gasteiger partial charge in [-0.05, 0) is 30.6 Å². The van der Waals surface area contributed by atoms with Crippen LogP contribution < -0.4 is 0 Å². The highest BCUT2D eigenvalue weighted by molar-refractivity contribution is 5.07. The Morgan fingerprint density at radius 2 is 2.14 bits per heavy atom. The fourth-order valence-electron chi connectivity index (χ4n) is 2.85. The fraction of sp³-hybridized carbons (Fsp3) is 1.00. The van der Waals surface area contributed by atoms with Crippen LogP contribution in [0.4, 0.5) is 0 Å². The van der Waals surface area contributed by atoms with Crippen LogP contribution in [0.3, 0.4) is 0 Å². The molecule has 0 amide bonds. The van der Waals surface area contributed by atoms with Crippen molar-refractivity contribution in [1.82, 2.24) is 0 Å². The predicted octanol–water partition coefficient (Wildman–Crippen LogP) is 2.35. The van der Waals surface area contributed by atoms with Gasteiger partial charge in [-0.2, -0.15) is 0 Å². The number of aliphatic hydroxyl groups is 1. The van der Waals surface area contributed by atoms with Crippen molar-refractivity contribution >= 4 is 0 Å². The van der Waals surface area contributed by atoms with Crippen molar-refractivity contribution in [2.45, 2.75) is 58.2 Å². The zero-order valence-corrected chi connectivity index (χ0v) is 9.55. The second-order valence-electron chi connectivity index (χ2n) is 5.98. The number of fused-ring (bicyclic) bond motifs is 1. The molecule has 1 heterocycles. The van der Waals surface area contributed by atoms with E-state index in [2.05, 4.69) is 20.8 Å². The SMILES string of the molecule is CC(C)(C)C1CCC2(CCO)OC2C1. The summed E-state index contributed by atoms with van der Waals surface area (Å²) in [6.45, 7) is 7.23. The quantitative estimate of drug-likeness (QED) is 0.691. The van der Waals surface area contributed by atoms with E-state index in [9.17, 15) is 0 Å². The largest absolute Gasteiger partial charge is 0.396 e. The van der Waals surface area contributed by atoms with Crippen LogP contribution in [0, 0.1) is 11.3 Å². The number of hydrogen-bond acceptors (Lipinski definition) is 2. The van der Waals surface area contributed by atoms with Gasteiger partial charge in [-0.1, -0.05) is 20.8 Å². The Hall–Kier alpha value is -0.0800. The molecular formula is C12H22O2. The topological polar surface area (TPSA) is 32.8 Å². The maximum Gasteiger partial charge on any atom is 0.0970 e. The molecule has 1 aliphatic carbocycles. The Balaban J connectivity index is 1.92. The van der Waals surface area contributed by atoms with Crippen molar-refractivity contribution in [2.24, 2.45) is 11.3 Å². The molecule has 2 rings (SSSR count). The van der Waals surface area contributed by atoms with Crippen molar-refractivity contribution in [2.75, 3.05) is 6.61 Å². The van der Waals surface area contributed by atoms with Crippen molar-refractivity contribution in [1.29, 1.82) is 0 Å². The minimum Gasteiger partial charge on any atom is -0.396 e. The maximum atomic E-state index is 8.96. The van der Waals surface area contributed by atoms with E-state index in [0.717, 1.165) is 18.8 Å². The molecule has 2 nitrogen and oxygen atoms in total. The number of epoxide rings is 1. The lowest BCUT2D eigenvalue weighted by Gasteiger charge is -2.34. The third-order valence-electron chi connectivity index (χ3n) is 4.08. The standard InChI is InChI=1S/C12H22O2/c1-11(2,3)9-4-5-12(6-7-13)10(8-9)14-12/h9-10,13H,4-8H2,1-3H3. The summed E-state index contributed by atoms with van der Waals surface area (Å²) in [5.74, 6) is 0.793. The lowest BCUT2D eigenvalue weighted by molar-refractivity contribution is 0.163. The van der Waals surface area contributed by atoms with Gasteiger partial charge < -0.3 is 9.84 Å². The molecule has 3 atom stereocenters. The number of hydrogen-bond donors (Lipinski definition) is 1. The highest BCUT2D eigenvalue weighted by Crippen LogP contribution is 2.54. The molecule has 82 valence electrons. The Morgan fingerprint density at radius 1 is 1.43 bits per heavy atom. The molecule has 1 saturated heterocycles. The minimum atomic E-state index is 0.0938. The smallest absolute Gasteiger partial charge is 0.0970 e. The average molecular weight is 198 g/mol. The van der Waals surface area contributed by atoms with Gasteiger partial charge in [0.25, 0.3) is 0 Å². The van der Waals surface area contributed by atoms with Crippen LogP contribution in [-0.4, -0.2) is 23.4 Å². The van der Waals surface area contributed by atoms with Crippen LogP contribution in [0.25, 0.3) is 0 Å². The van der Waals surface area contributed by atoms with E-state index in [-0.39, 0.29) is 12.2 Å². The second kappa shape index (κ2) is 3.21. The molecular weight excluding hydrogens is 176 g/mol. The summed E-state index contributed by atoms with van der Waals surface area (Å²) in [6.07, 6.45) is 4.91. The van der Waals surface area contributed by atoms with Gasteiger partial charge in [-0.15, -0.1) is 0 Å². The Morgan fingerprint density at radius 3 is 2.64 bits per heavy atom. The molecule has 0 spiro atoms. The lowest BCUT2D eigenvalue weighted by atomic mass is 9.69. The first-order valence-electron chi connectivity index (χ1n) is 5.77. The van der Waals surface area contributed by atoms with Gasteiger partial charge in [0, 0.05) is 13.0 Å². The second-order valence-corrected chi connectivity index (χ2v) is 5.98. The summed E-state index contributed by atoms with van der Waals surface area (Å²) in [6, 6.07) is 0. The molecule has 0 aromatic rings. The van der Waals surface area contributed by atoms with Crippen molar-refractivity contribution in [3.8, 4) is 0 Å². The third-order valence-corrected chi connectivity index (χ3v) is 4.08. The minimum absolute atomic E-state index is 0.0938. The Bertz CT molecular complexity index is 219. The summed E-state index contributed by atoms with van der Waals surface area (Å²) in [5, 5.41) is 8.96. The number of aliphatic hydroxyl groups excluding tert-OH is 1. The first kappa shape index (κ1) is 10.4. The molecule has 2 heteroatoms. The summed E-state index contributed by atoms with van der Waals surface area (Å²) in [4.78, 5) is 0. The highest BCUT2D eigenvalue weighted by atomic mass is 16.6. The molecule has 0 bridgehead atoms. The first-order chi connectivity index (χ1) is 6.48. The van der Waals surface area contributed by atoms with Gasteiger partial charge in [0.15, 0.2) is 0 Å². The van der Waals surface area contributed by atoms with Gasteiger partial charge in [0.05, 0.1) is 11.7 Å². The molecule has 3 unspecified atom stereocenters. The van der Waals surface area contributed by atoms with E-state index in [1.807, 2.05) is 0 Å². The molecule has 14 heavy (non-hydrogen) atoms. The zero-order valence-electron chi connectivity index (χ0n) is 9.55. The molecule has 2 fully saturated rings. The molecule has 1 saturated carbocycles. The van der Waals surface area contributed by atoms with Gasteiger partial charge >= 0.3 is 0 Å². The van der Waals surface area contributed by atoms with Crippen molar-refractivity contribution < 1.29 is 9.84 Å². The van der Waals surface area contributed by atoms with Crippen LogP contribution in [0.1, 0.15) is 46.5 Å². The van der Waals surface area contributed by atoms with Crippen LogP contribution >= 0.6 is 0 Å². The van der Waals surface area contributed by atoms with Crippen LogP contribution in [-0.2, 0) is 4.74 Å². The van der Waals surface area contributed by atoms with Crippen molar-refractivity contribution in [3.63, 3.8) is 0 Å². The third kappa shape index (κ3) is 1.70. The molecule has 0 aromatic carbocycles. The van der Waals surface area contributed by atoms with Gasteiger partial charge in [-0.3, -0.25) is 0 Å². The molecule has 2 aliphatic rings. The summed E-state index contributed by atoms with van der Waals surface area (Å²) in [5.41, 5.74) is 0.508. The van der Waals surface area contributed by atoms with Gasteiger partial charge in [0.1, 0.15) is 0 Å². The van der Waals surface area contributed by atoms with E-state index >= 15 is 0 Å². The Kier molecular flexibility index (Phi) is 2.39. The van der Waals surface area contributed by atoms with Crippen LogP contribution in [0.2, 0.25) is 0 Å². The fourth-order valence-corrected chi connectivity index (χ4v) is 2.85. The maximum absolute atomic E-state index is 8.96. The van der Waals surface area contributed by atoms with E-state index in [4.69, 9.17) is 9.84 Å². The molecule has 1 aliphatic heterocycles. The summed E-state index contributed by atoms with van der Waals surface area (Å²) in [7, 11) is 0. The molecule has 0 aromatic heterocycles. The normalized spacial score (nSPS) is 42.0. The Labute approximate surface area is 86.6 Å². The lowest BCUT2D eigenvalue weighted by Crippen LogP contribution is -2.31. The number of rotatable bonds is 2. The summed E-state index contributed by atoms with van der Waals surface area (Å²) >= 11 is 0. The van der Waals surface area contributed by atoms with E-state index in [0.29, 0.717) is 11.5 Å². The number of ether oxygens (including phenoxy) is 1. The monoisotopic (exact) mass is 198 g/mol. The highest BCUT2D eigenvalue weighted by Gasteiger charge is 2.59. The zero-order chi connectivity index (χ0) is 10.4. The predicted molar refractivity (Wildman–Crippen MR) is 56.1 cm³/mol. The van der Waals surface area contributed by atoms with E-state index in [1.165, 1.54) is 12.8 Å². The van der Waals surface area contributed by atoms with Gasteiger partial charge in [-0.25, -0.2) is 0 Å². The molecule has 0 radical (unpaired) electrons. The van der Waals surface area contributed by atoms with Crippen LogP contribution in [0.15, 0.2) is 0 Å². The van der Waals surface area contributed by atoms with Crippen molar-refractivity contribution in [3.05, 3.63) is 0 Å². The first-order valence-corrected chi connectivity index (χ1v) is 5.77. The average Bonchev–Trinajstić information content (AvgIpc) is 2.75. The van der Waals surface area contributed by atoms with Gasteiger partial charge in [0.2, 0.25) is 0 Å².